The Morgan fingerprint density at radius 1 is 1.67 bits per heavy atom. The highest BCUT2D eigenvalue weighted by atomic mass is 16.1. The van der Waals surface area contributed by atoms with E-state index in [0.717, 1.165) is 17.7 Å². The number of allylic oxidation sites excluding steroid dienone is 2. The second-order valence-electron chi connectivity index (χ2n) is 4.33. The van der Waals surface area contributed by atoms with Gasteiger partial charge < -0.3 is 5.73 Å². The molecule has 2 aliphatic rings. The molecule has 0 aliphatic heterocycles. The quantitative estimate of drug-likeness (QED) is 0.703. The maximum atomic E-state index is 11.1. The first-order valence-corrected chi connectivity index (χ1v) is 5.23. The van der Waals surface area contributed by atoms with Crippen LogP contribution in [-0.4, -0.2) is 16.1 Å². The van der Waals surface area contributed by atoms with Crippen molar-refractivity contribution in [2.45, 2.75) is 19.3 Å². The number of hydrogen-bond donors (Lipinski definition) is 2. The Bertz CT molecular complexity index is 460. The molecule has 1 aromatic heterocycles. The Morgan fingerprint density at radius 3 is 3.13 bits per heavy atom. The highest BCUT2D eigenvalue weighted by Gasteiger charge is 2.56. The molecule has 1 heterocycles. The minimum atomic E-state index is -0.420. The molecule has 3 N–H and O–H groups in total. The number of hydrogen-bond acceptors (Lipinski definition) is 2. The van der Waals surface area contributed by atoms with Gasteiger partial charge >= 0.3 is 0 Å². The second-order valence-corrected chi connectivity index (χ2v) is 4.33. The van der Waals surface area contributed by atoms with Crippen molar-refractivity contribution in [2.24, 2.45) is 17.6 Å². The van der Waals surface area contributed by atoms with Crippen molar-refractivity contribution < 1.29 is 4.79 Å². The standard InChI is InChI=1S/C11H13N3O/c1-2-3-5-6-4-7-9(8(5)6)13-14-10(7)11(12)15/h2-3,5-6,8H,4H2,1H3,(H2,12,15)(H,13,14)/b3-2+/t5-,6+,8-/m1/s1. The van der Waals surface area contributed by atoms with Gasteiger partial charge in [-0.3, -0.25) is 9.89 Å². The highest BCUT2D eigenvalue weighted by molar-refractivity contribution is 5.93. The molecule has 0 unspecified atom stereocenters. The van der Waals surface area contributed by atoms with E-state index in [1.165, 1.54) is 0 Å². The van der Waals surface area contributed by atoms with E-state index >= 15 is 0 Å². The monoisotopic (exact) mass is 203 g/mol. The second kappa shape index (κ2) is 2.72. The molecule has 1 amide bonds. The van der Waals surface area contributed by atoms with Crippen molar-refractivity contribution in [2.75, 3.05) is 0 Å². The summed E-state index contributed by atoms with van der Waals surface area (Å²) >= 11 is 0. The van der Waals surface area contributed by atoms with Crippen LogP contribution in [0, 0.1) is 11.8 Å². The molecule has 1 aromatic rings. The van der Waals surface area contributed by atoms with E-state index in [1.807, 2.05) is 6.92 Å². The molecule has 78 valence electrons. The third-order valence-electron chi connectivity index (χ3n) is 3.55. The molecule has 0 aromatic carbocycles. The molecule has 1 fully saturated rings. The highest BCUT2D eigenvalue weighted by Crippen LogP contribution is 2.61. The molecule has 3 rings (SSSR count). The smallest absolute Gasteiger partial charge is 0.269 e. The summed E-state index contributed by atoms with van der Waals surface area (Å²) in [4.78, 5) is 11.1. The van der Waals surface area contributed by atoms with Crippen LogP contribution in [0.3, 0.4) is 0 Å². The van der Waals surface area contributed by atoms with Gasteiger partial charge in [-0.2, -0.15) is 5.10 Å². The van der Waals surface area contributed by atoms with Crippen LogP contribution in [0.15, 0.2) is 12.2 Å². The Labute approximate surface area is 87.5 Å². The van der Waals surface area contributed by atoms with Crippen LogP contribution in [0.4, 0.5) is 0 Å². The van der Waals surface area contributed by atoms with Gasteiger partial charge in [-0.15, -0.1) is 0 Å². The van der Waals surface area contributed by atoms with Crippen LogP contribution >= 0.6 is 0 Å². The van der Waals surface area contributed by atoms with Gasteiger partial charge in [0.1, 0.15) is 0 Å². The molecule has 3 atom stereocenters. The number of carbonyl (C=O) groups is 1. The minimum Gasteiger partial charge on any atom is -0.364 e. The maximum Gasteiger partial charge on any atom is 0.269 e. The summed E-state index contributed by atoms with van der Waals surface area (Å²) in [5.41, 5.74) is 7.88. The lowest BCUT2D eigenvalue weighted by molar-refractivity contribution is 0.0994. The average Bonchev–Trinajstić information content (AvgIpc) is 2.60. The fourth-order valence-electron chi connectivity index (χ4n) is 2.86. The van der Waals surface area contributed by atoms with Crippen molar-refractivity contribution in [1.29, 1.82) is 0 Å². The average molecular weight is 203 g/mol. The summed E-state index contributed by atoms with van der Waals surface area (Å²) in [6.45, 7) is 2.04. The molecule has 4 heteroatoms. The van der Waals surface area contributed by atoms with E-state index in [1.54, 1.807) is 0 Å². The van der Waals surface area contributed by atoms with Gasteiger partial charge in [-0.05, 0) is 25.2 Å². The summed E-state index contributed by atoms with van der Waals surface area (Å²) in [6, 6.07) is 0. The summed E-state index contributed by atoms with van der Waals surface area (Å²) < 4.78 is 0. The number of aromatic amines is 1. The lowest BCUT2D eigenvalue weighted by Crippen LogP contribution is -2.14. The van der Waals surface area contributed by atoms with Gasteiger partial charge in [0.25, 0.3) is 5.91 Å². The number of nitrogens with one attached hydrogen (secondary N) is 1. The van der Waals surface area contributed by atoms with Crippen molar-refractivity contribution in [3.8, 4) is 0 Å². The number of H-pyrrole nitrogens is 1. The number of amides is 1. The van der Waals surface area contributed by atoms with Gasteiger partial charge in [0.15, 0.2) is 5.69 Å². The summed E-state index contributed by atoms with van der Waals surface area (Å²) in [5.74, 6) is 1.44. The molecule has 15 heavy (non-hydrogen) atoms. The lowest BCUT2D eigenvalue weighted by Gasteiger charge is -1.98. The van der Waals surface area contributed by atoms with E-state index < -0.39 is 5.91 Å². The Morgan fingerprint density at radius 2 is 2.47 bits per heavy atom. The van der Waals surface area contributed by atoms with Gasteiger partial charge in [0, 0.05) is 17.2 Å². The van der Waals surface area contributed by atoms with E-state index in [-0.39, 0.29) is 0 Å². The zero-order valence-electron chi connectivity index (χ0n) is 8.53. The maximum absolute atomic E-state index is 11.1. The van der Waals surface area contributed by atoms with Gasteiger partial charge in [0.05, 0.1) is 0 Å². The van der Waals surface area contributed by atoms with Crippen LogP contribution in [0.1, 0.15) is 34.6 Å². The number of nitrogens with zero attached hydrogens (tertiary/aromatic N) is 1. The van der Waals surface area contributed by atoms with Crippen molar-refractivity contribution >= 4 is 5.91 Å². The first-order valence-electron chi connectivity index (χ1n) is 5.23. The predicted octanol–water partition coefficient (Wildman–Crippen LogP) is 0.970. The SMILES string of the molecule is C/C=C/[C@@H]1[C@@H]2Cc3c(C(N)=O)n[nH]c3[C@H]12. The van der Waals surface area contributed by atoms with Crippen molar-refractivity contribution in [3.05, 3.63) is 29.1 Å². The van der Waals surface area contributed by atoms with Gasteiger partial charge in [0.2, 0.25) is 0 Å². The summed E-state index contributed by atoms with van der Waals surface area (Å²) in [7, 11) is 0. The fraction of sp³-hybridized carbons (Fsp3) is 0.455. The Hall–Kier alpha value is -1.58. The molecule has 0 saturated heterocycles. The third-order valence-corrected chi connectivity index (χ3v) is 3.55. The first-order chi connectivity index (χ1) is 7.24. The molecule has 0 radical (unpaired) electrons. The first kappa shape index (κ1) is 8.71. The summed E-state index contributed by atoms with van der Waals surface area (Å²) in [6.07, 6.45) is 5.28. The zero-order chi connectivity index (χ0) is 10.6. The largest absolute Gasteiger partial charge is 0.364 e. The summed E-state index contributed by atoms with van der Waals surface area (Å²) in [5, 5.41) is 6.95. The molecule has 2 aliphatic carbocycles. The third kappa shape index (κ3) is 1.02. The molecular formula is C11H13N3O. The molecule has 0 bridgehead atoms. The Kier molecular flexibility index (Phi) is 1.58. The number of primary amides is 1. The van der Waals surface area contributed by atoms with E-state index in [0.29, 0.717) is 23.4 Å². The van der Waals surface area contributed by atoms with Crippen LogP contribution in [-0.2, 0) is 6.42 Å². The Balaban J connectivity index is 1.94. The molecule has 4 nitrogen and oxygen atoms in total. The number of aromatic nitrogens is 2. The predicted molar refractivity (Wildman–Crippen MR) is 55.3 cm³/mol. The van der Waals surface area contributed by atoms with E-state index in [4.69, 9.17) is 5.73 Å². The lowest BCUT2D eigenvalue weighted by atomic mass is 10.1. The minimum absolute atomic E-state index is 0.420. The van der Waals surface area contributed by atoms with Crippen molar-refractivity contribution in [1.82, 2.24) is 10.2 Å². The zero-order valence-corrected chi connectivity index (χ0v) is 8.53. The van der Waals surface area contributed by atoms with E-state index in [2.05, 4.69) is 22.3 Å². The van der Waals surface area contributed by atoms with Crippen molar-refractivity contribution in [3.63, 3.8) is 0 Å². The van der Waals surface area contributed by atoms with Crippen LogP contribution in [0.5, 0.6) is 0 Å². The van der Waals surface area contributed by atoms with Crippen LogP contribution in [0.25, 0.3) is 0 Å². The van der Waals surface area contributed by atoms with Gasteiger partial charge in [-0.25, -0.2) is 0 Å². The number of nitrogens with two attached hydrogens (primary N) is 1. The van der Waals surface area contributed by atoms with Crippen LogP contribution in [0.2, 0.25) is 0 Å². The fourth-order valence-corrected chi connectivity index (χ4v) is 2.86. The number of fused-ring (bicyclic) bond motifs is 3. The molecule has 0 spiro atoms. The topological polar surface area (TPSA) is 71.8 Å². The molecular weight excluding hydrogens is 190 g/mol. The van der Waals surface area contributed by atoms with Crippen LogP contribution < -0.4 is 5.73 Å². The normalized spacial score (nSPS) is 31.7. The molecule has 1 saturated carbocycles. The number of rotatable bonds is 2. The number of carbonyl (C=O) groups excluding carboxylic acids is 1. The van der Waals surface area contributed by atoms with E-state index in [9.17, 15) is 4.79 Å². The van der Waals surface area contributed by atoms with Gasteiger partial charge in [-0.1, -0.05) is 12.2 Å².